The largest absolute Gasteiger partial charge is 0.325 e. The molecule has 0 aliphatic heterocycles. The number of nitrogens with two attached hydrogens (primary N) is 1. The normalized spacial score (nSPS) is 13.3. The first kappa shape index (κ1) is 13.9. The first-order valence-electron chi connectivity index (χ1n) is 5.23. The third kappa shape index (κ3) is 3.68. The average Bonchev–Trinajstić information content (AvgIpc) is 2.21. The Hall–Kier alpha value is -1.13. The number of hydrogen-bond acceptors (Lipinski definition) is 2. The second-order valence-electron chi connectivity index (χ2n) is 4.96. The minimum absolute atomic E-state index is 0.0168. The van der Waals surface area contributed by atoms with E-state index in [1.165, 1.54) is 12.1 Å². The van der Waals surface area contributed by atoms with Crippen molar-refractivity contribution in [3.63, 3.8) is 0 Å². The Morgan fingerprint density at radius 3 is 2.53 bits per heavy atom. The fraction of sp³-hybridized carbons (Fsp3) is 0.417. The number of carbonyl (C=O) groups is 1. The molecule has 0 heterocycles. The van der Waals surface area contributed by atoms with Gasteiger partial charge in [0.15, 0.2) is 0 Å². The highest BCUT2D eigenvalue weighted by Crippen LogP contribution is 2.21. The van der Waals surface area contributed by atoms with Gasteiger partial charge in [-0.15, -0.1) is 0 Å². The summed E-state index contributed by atoms with van der Waals surface area (Å²) in [5.41, 5.74) is 5.77. The zero-order valence-corrected chi connectivity index (χ0v) is 10.8. The molecule has 1 unspecified atom stereocenters. The van der Waals surface area contributed by atoms with Crippen LogP contribution in [0.15, 0.2) is 18.2 Å². The lowest BCUT2D eigenvalue weighted by Crippen LogP contribution is -2.45. The highest BCUT2D eigenvalue weighted by molar-refractivity contribution is 6.30. The topological polar surface area (TPSA) is 55.1 Å². The summed E-state index contributed by atoms with van der Waals surface area (Å²) in [5.74, 6) is -0.923. The molecule has 0 bridgehead atoms. The van der Waals surface area contributed by atoms with Crippen molar-refractivity contribution >= 4 is 23.2 Å². The summed E-state index contributed by atoms with van der Waals surface area (Å²) in [6, 6.07) is 3.41. The van der Waals surface area contributed by atoms with Crippen LogP contribution in [0.3, 0.4) is 0 Å². The van der Waals surface area contributed by atoms with Crippen molar-refractivity contribution in [1.82, 2.24) is 0 Å². The highest BCUT2D eigenvalue weighted by Gasteiger charge is 2.27. The SMILES string of the molecule is CC(C)(C)C(N)C(=O)Nc1ccc(Cl)c(F)c1. The third-order valence-electron chi connectivity index (χ3n) is 2.40. The zero-order chi connectivity index (χ0) is 13.2. The highest BCUT2D eigenvalue weighted by atomic mass is 35.5. The fourth-order valence-electron chi connectivity index (χ4n) is 1.19. The number of carbonyl (C=O) groups excluding carboxylic acids is 1. The number of anilines is 1. The molecule has 1 aromatic rings. The van der Waals surface area contributed by atoms with Gasteiger partial charge in [-0.2, -0.15) is 0 Å². The van der Waals surface area contributed by atoms with Crippen molar-refractivity contribution in [2.45, 2.75) is 26.8 Å². The molecule has 0 aromatic heterocycles. The van der Waals surface area contributed by atoms with Crippen molar-refractivity contribution in [3.05, 3.63) is 29.0 Å². The number of amides is 1. The lowest BCUT2D eigenvalue weighted by molar-refractivity contribution is -0.119. The lowest BCUT2D eigenvalue weighted by Gasteiger charge is -2.25. The molecule has 3 N–H and O–H groups in total. The van der Waals surface area contributed by atoms with Gasteiger partial charge in [0.1, 0.15) is 5.82 Å². The number of nitrogens with one attached hydrogen (secondary N) is 1. The van der Waals surface area contributed by atoms with Crippen LogP contribution in [0.5, 0.6) is 0 Å². The van der Waals surface area contributed by atoms with Gasteiger partial charge in [0, 0.05) is 5.69 Å². The predicted octanol–water partition coefficient (Wildman–Crippen LogP) is 2.79. The Bertz CT molecular complexity index is 429. The van der Waals surface area contributed by atoms with Gasteiger partial charge in [-0.05, 0) is 23.6 Å². The van der Waals surface area contributed by atoms with Crippen LogP contribution in [-0.4, -0.2) is 11.9 Å². The maximum absolute atomic E-state index is 13.2. The van der Waals surface area contributed by atoms with Gasteiger partial charge >= 0.3 is 0 Å². The maximum atomic E-state index is 13.2. The monoisotopic (exact) mass is 258 g/mol. The fourth-order valence-corrected chi connectivity index (χ4v) is 1.30. The molecular weight excluding hydrogens is 243 g/mol. The minimum atomic E-state index is -0.666. The molecule has 0 fully saturated rings. The van der Waals surface area contributed by atoms with E-state index >= 15 is 0 Å². The summed E-state index contributed by atoms with van der Waals surface area (Å²) in [4.78, 5) is 11.8. The van der Waals surface area contributed by atoms with Crippen molar-refractivity contribution < 1.29 is 9.18 Å². The van der Waals surface area contributed by atoms with E-state index in [-0.39, 0.29) is 16.3 Å². The summed E-state index contributed by atoms with van der Waals surface area (Å²) in [5, 5.41) is 2.57. The van der Waals surface area contributed by atoms with Crippen LogP contribution in [0.4, 0.5) is 10.1 Å². The summed E-state index contributed by atoms with van der Waals surface area (Å²) in [7, 11) is 0. The third-order valence-corrected chi connectivity index (χ3v) is 2.71. The van der Waals surface area contributed by atoms with Crippen LogP contribution in [0.2, 0.25) is 5.02 Å². The molecule has 94 valence electrons. The van der Waals surface area contributed by atoms with E-state index in [9.17, 15) is 9.18 Å². The molecule has 0 aliphatic rings. The Balaban J connectivity index is 2.78. The lowest BCUT2D eigenvalue weighted by atomic mass is 9.87. The van der Waals surface area contributed by atoms with Crippen LogP contribution in [0.25, 0.3) is 0 Å². The van der Waals surface area contributed by atoms with E-state index in [4.69, 9.17) is 17.3 Å². The van der Waals surface area contributed by atoms with Crippen molar-refractivity contribution in [3.8, 4) is 0 Å². The zero-order valence-electron chi connectivity index (χ0n) is 10.1. The van der Waals surface area contributed by atoms with E-state index in [2.05, 4.69) is 5.32 Å². The molecule has 5 heteroatoms. The standard InChI is InChI=1S/C12H16ClFN2O/c1-12(2,3)10(15)11(17)16-7-4-5-8(13)9(14)6-7/h4-6,10H,15H2,1-3H3,(H,16,17). The van der Waals surface area contributed by atoms with Gasteiger partial charge in [0.05, 0.1) is 11.1 Å². The van der Waals surface area contributed by atoms with Crippen molar-refractivity contribution in [2.75, 3.05) is 5.32 Å². The Morgan fingerprint density at radius 1 is 1.47 bits per heavy atom. The maximum Gasteiger partial charge on any atom is 0.241 e. The van der Waals surface area contributed by atoms with E-state index in [0.29, 0.717) is 5.69 Å². The van der Waals surface area contributed by atoms with Crippen molar-refractivity contribution in [1.29, 1.82) is 0 Å². The molecule has 17 heavy (non-hydrogen) atoms. The summed E-state index contributed by atoms with van der Waals surface area (Å²) in [6.07, 6.45) is 0. The number of halogens is 2. The molecule has 3 nitrogen and oxygen atoms in total. The van der Waals surface area contributed by atoms with E-state index in [1.807, 2.05) is 20.8 Å². The molecule has 0 spiro atoms. The van der Waals surface area contributed by atoms with E-state index in [1.54, 1.807) is 0 Å². The Kier molecular flexibility index (Phi) is 4.11. The van der Waals surface area contributed by atoms with Gasteiger partial charge in [-0.25, -0.2) is 4.39 Å². The molecule has 1 atom stereocenters. The smallest absolute Gasteiger partial charge is 0.241 e. The second kappa shape index (κ2) is 5.02. The van der Waals surface area contributed by atoms with Crippen LogP contribution >= 0.6 is 11.6 Å². The van der Waals surface area contributed by atoms with E-state index < -0.39 is 11.9 Å². The first-order valence-corrected chi connectivity index (χ1v) is 5.61. The summed E-state index contributed by atoms with van der Waals surface area (Å²) in [6.45, 7) is 5.58. The molecule has 1 amide bonds. The quantitative estimate of drug-likeness (QED) is 0.857. The predicted molar refractivity (Wildman–Crippen MR) is 67.5 cm³/mol. The van der Waals surface area contributed by atoms with Gasteiger partial charge < -0.3 is 11.1 Å². The molecule has 1 aromatic carbocycles. The van der Waals surface area contributed by atoms with Crippen LogP contribution < -0.4 is 11.1 Å². The molecule has 0 radical (unpaired) electrons. The summed E-state index contributed by atoms with van der Waals surface area (Å²) < 4.78 is 13.2. The van der Waals surface area contributed by atoms with Crippen molar-refractivity contribution in [2.24, 2.45) is 11.1 Å². The summed E-state index contributed by atoms with van der Waals surface area (Å²) >= 11 is 5.54. The molecule has 0 saturated carbocycles. The second-order valence-corrected chi connectivity index (χ2v) is 5.37. The molecule has 1 rings (SSSR count). The number of rotatable bonds is 2. The molecule has 0 aliphatic carbocycles. The van der Waals surface area contributed by atoms with E-state index in [0.717, 1.165) is 6.07 Å². The molecular formula is C12H16ClFN2O. The number of benzene rings is 1. The van der Waals surface area contributed by atoms with Crippen LogP contribution in [0.1, 0.15) is 20.8 Å². The average molecular weight is 259 g/mol. The first-order chi connectivity index (χ1) is 7.71. The Labute approximate surface area is 105 Å². The van der Waals surface area contributed by atoms with Crippen LogP contribution in [0, 0.1) is 11.2 Å². The Morgan fingerprint density at radius 2 is 2.06 bits per heavy atom. The van der Waals surface area contributed by atoms with Gasteiger partial charge in [-0.1, -0.05) is 32.4 Å². The van der Waals surface area contributed by atoms with Gasteiger partial charge in [0.25, 0.3) is 0 Å². The minimum Gasteiger partial charge on any atom is -0.325 e. The van der Waals surface area contributed by atoms with Gasteiger partial charge in [-0.3, -0.25) is 4.79 Å². The number of hydrogen-bond donors (Lipinski definition) is 2. The van der Waals surface area contributed by atoms with Gasteiger partial charge in [0.2, 0.25) is 5.91 Å². The van der Waals surface area contributed by atoms with Crippen LogP contribution in [-0.2, 0) is 4.79 Å². The molecule has 0 saturated heterocycles.